The molecule has 0 aliphatic rings. The van der Waals surface area contributed by atoms with Crippen molar-refractivity contribution in [2.45, 2.75) is 6.92 Å². The van der Waals surface area contributed by atoms with Crippen LogP contribution in [-0.4, -0.2) is 9.97 Å². The molecule has 0 radical (unpaired) electrons. The number of anilines is 1. The predicted molar refractivity (Wildman–Crippen MR) is 74.1 cm³/mol. The van der Waals surface area contributed by atoms with Crippen molar-refractivity contribution >= 4 is 16.7 Å². The molecule has 0 aliphatic heterocycles. The van der Waals surface area contributed by atoms with E-state index in [9.17, 15) is 4.39 Å². The molecule has 3 nitrogen and oxygen atoms in total. The van der Waals surface area contributed by atoms with Crippen LogP contribution in [0.5, 0.6) is 0 Å². The Morgan fingerprint density at radius 1 is 1.05 bits per heavy atom. The highest BCUT2D eigenvalue weighted by Gasteiger charge is 2.09. The number of para-hydroxylation sites is 1. The minimum absolute atomic E-state index is 0.269. The van der Waals surface area contributed by atoms with Gasteiger partial charge in [-0.1, -0.05) is 12.1 Å². The number of aryl methyl sites for hydroxylation is 1. The van der Waals surface area contributed by atoms with Crippen molar-refractivity contribution in [1.29, 1.82) is 0 Å². The molecule has 0 aliphatic carbocycles. The first-order valence-electron chi connectivity index (χ1n) is 5.94. The second kappa shape index (κ2) is 4.31. The van der Waals surface area contributed by atoms with Gasteiger partial charge < -0.3 is 5.73 Å². The van der Waals surface area contributed by atoms with E-state index in [1.807, 2.05) is 31.2 Å². The Morgan fingerprint density at radius 3 is 2.63 bits per heavy atom. The van der Waals surface area contributed by atoms with Crippen molar-refractivity contribution in [1.82, 2.24) is 9.97 Å². The highest BCUT2D eigenvalue weighted by atomic mass is 19.1. The van der Waals surface area contributed by atoms with Gasteiger partial charge in [-0.3, -0.25) is 0 Å². The lowest BCUT2D eigenvalue weighted by molar-refractivity contribution is 0.627. The van der Waals surface area contributed by atoms with E-state index in [0.717, 1.165) is 22.0 Å². The summed E-state index contributed by atoms with van der Waals surface area (Å²) in [7, 11) is 0. The molecule has 0 saturated heterocycles. The van der Waals surface area contributed by atoms with Gasteiger partial charge in [0.15, 0.2) is 5.82 Å². The van der Waals surface area contributed by atoms with Crippen molar-refractivity contribution in [2.75, 3.05) is 5.73 Å². The standard InChI is InChI=1S/C15H12FN3/c1-9-8-10(16)6-7-11(9)15-18-13-5-3-2-4-12(13)14(17)19-15/h2-8H,1H3,(H2,17,18,19). The fraction of sp³-hybridized carbons (Fsp3) is 0.0667. The Kier molecular flexibility index (Phi) is 2.63. The largest absolute Gasteiger partial charge is 0.383 e. The third-order valence-electron chi connectivity index (χ3n) is 3.06. The van der Waals surface area contributed by atoms with Gasteiger partial charge in [0, 0.05) is 10.9 Å². The van der Waals surface area contributed by atoms with Gasteiger partial charge >= 0.3 is 0 Å². The normalized spacial score (nSPS) is 10.8. The lowest BCUT2D eigenvalue weighted by atomic mass is 10.1. The number of rotatable bonds is 1. The number of nitrogens with zero attached hydrogens (tertiary/aromatic N) is 2. The molecule has 4 heteroatoms. The van der Waals surface area contributed by atoms with Gasteiger partial charge in [0.2, 0.25) is 0 Å². The number of nitrogen functional groups attached to an aromatic ring is 1. The van der Waals surface area contributed by atoms with E-state index in [-0.39, 0.29) is 5.82 Å². The van der Waals surface area contributed by atoms with Crippen molar-refractivity contribution < 1.29 is 4.39 Å². The maximum Gasteiger partial charge on any atom is 0.162 e. The number of hydrogen-bond acceptors (Lipinski definition) is 3. The van der Waals surface area contributed by atoms with Crippen LogP contribution in [0.4, 0.5) is 10.2 Å². The quantitative estimate of drug-likeness (QED) is 0.723. The number of nitrogens with two attached hydrogens (primary N) is 1. The summed E-state index contributed by atoms with van der Waals surface area (Å²) in [6.45, 7) is 1.83. The first-order valence-corrected chi connectivity index (χ1v) is 5.94. The van der Waals surface area contributed by atoms with Crippen LogP contribution in [0.15, 0.2) is 42.5 Å². The van der Waals surface area contributed by atoms with Crippen LogP contribution < -0.4 is 5.73 Å². The van der Waals surface area contributed by atoms with E-state index in [1.165, 1.54) is 12.1 Å². The van der Waals surface area contributed by atoms with Crippen molar-refractivity contribution in [3.8, 4) is 11.4 Å². The van der Waals surface area contributed by atoms with Crippen LogP contribution in [0.1, 0.15) is 5.56 Å². The minimum Gasteiger partial charge on any atom is -0.383 e. The van der Waals surface area contributed by atoms with Gasteiger partial charge in [-0.2, -0.15) is 0 Å². The second-order valence-electron chi connectivity index (χ2n) is 4.41. The highest BCUT2D eigenvalue weighted by Crippen LogP contribution is 2.25. The minimum atomic E-state index is -0.269. The molecule has 0 unspecified atom stereocenters. The molecule has 2 aromatic carbocycles. The van der Waals surface area contributed by atoms with Crippen LogP contribution in [0, 0.1) is 12.7 Å². The molecule has 1 heterocycles. The number of hydrogen-bond donors (Lipinski definition) is 1. The molecule has 2 N–H and O–H groups in total. The average molecular weight is 253 g/mol. The highest BCUT2D eigenvalue weighted by molar-refractivity contribution is 5.89. The van der Waals surface area contributed by atoms with Gasteiger partial charge in [0.1, 0.15) is 11.6 Å². The molecule has 0 amide bonds. The number of halogens is 1. The molecule has 0 spiro atoms. The fourth-order valence-corrected chi connectivity index (χ4v) is 2.10. The van der Waals surface area contributed by atoms with Crippen molar-refractivity contribution in [3.05, 3.63) is 53.8 Å². The van der Waals surface area contributed by atoms with Crippen molar-refractivity contribution in [3.63, 3.8) is 0 Å². The molecule has 3 rings (SSSR count). The maximum absolute atomic E-state index is 13.1. The molecule has 0 saturated carbocycles. The third kappa shape index (κ3) is 2.01. The van der Waals surface area contributed by atoms with Crippen molar-refractivity contribution in [2.24, 2.45) is 0 Å². The van der Waals surface area contributed by atoms with Gasteiger partial charge in [-0.15, -0.1) is 0 Å². The summed E-state index contributed by atoms with van der Waals surface area (Å²) < 4.78 is 13.1. The summed E-state index contributed by atoms with van der Waals surface area (Å²) in [5, 5.41) is 0.825. The fourth-order valence-electron chi connectivity index (χ4n) is 2.10. The van der Waals surface area contributed by atoms with Crippen LogP contribution in [-0.2, 0) is 0 Å². The second-order valence-corrected chi connectivity index (χ2v) is 4.41. The summed E-state index contributed by atoms with van der Waals surface area (Å²) >= 11 is 0. The molecule has 0 atom stereocenters. The smallest absolute Gasteiger partial charge is 0.162 e. The summed E-state index contributed by atoms with van der Waals surface area (Å²) in [6.07, 6.45) is 0. The number of fused-ring (bicyclic) bond motifs is 1. The maximum atomic E-state index is 13.1. The Balaban J connectivity index is 2.25. The van der Waals surface area contributed by atoms with E-state index < -0.39 is 0 Å². The predicted octanol–water partition coefficient (Wildman–Crippen LogP) is 3.33. The monoisotopic (exact) mass is 253 g/mol. The summed E-state index contributed by atoms with van der Waals surface area (Å²) in [5.74, 6) is 0.688. The number of benzene rings is 2. The molecule has 1 aromatic heterocycles. The molecular formula is C15H12FN3. The van der Waals surface area contributed by atoms with E-state index >= 15 is 0 Å². The zero-order valence-corrected chi connectivity index (χ0v) is 10.4. The lowest BCUT2D eigenvalue weighted by Crippen LogP contribution is -1.99. The first kappa shape index (κ1) is 11.6. The zero-order chi connectivity index (χ0) is 13.4. The lowest BCUT2D eigenvalue weighted by Gasteiger charge is -2.07. The number of aromatic nitrogens is 2. The molecule has 0 bridgehead atoms. The third-order valence-corrected chi connectivity index (χ3v) is 3.06. The molecule has 19 heavy (non-hydrogen) atoms. The Morgan fingerprint density at radius 2 is 1.84 bits per heavy atom. The van der Waals surface area contributed by atoms with Crippen LogP contribution in [0.25, 0.3) is 22.3 Å². The SMILES string of the molecule is Cc1cc(F)ccc1-c1nc(N)c2ccccc2n1. The Bertz CT molecular complexity index is 768. The molecular weight excluding hydrogens is 241 g/mol. The van der Waals surface area contributed by atoms with E-state index in [4.69, 9.17) is 5.73 Å². The molecule has 3 aromatic rings. The average Bonchev–Trinajstić information content (AvgIpc) is 2.38. The molecule has 94 valence electrons. The first-order chi connectivity index (χ1) is 9.15. The summed E-state index contributed by atoms with van der Waals surface area (Å²) in [4.78, 5) is 8.79. The van der Waals surface area contributed by atoms with Crippen LogP contribution >= 0.6 is 0 Å². The van der Waals surface area contributed by atoms with Gasteiger partial charge in [-0.05, 0) is 42.8 Å². The van der Waals surface area contributed by atoms with Gasteiger partial charge in [0.25, 0.3) is 0 Å². The van der Waals surface area contributed by atoms with Gasteiger partial charge in [-0.25, -0.2) is 14.4 Å². The van der Waals surface area contributed by atoms with Crippen LogP contribution in [0.2, 0.25) is 0 Å². The van der Waals surface area contributed by atoms with E-state index in [1.54, 1.807) is 6.07 Å². The Labute approximate surface area is 109 Å². The van der Waals surface area contributed by atoms with Gasteiger partial charge in [0.05, 0.1) is 5.52 Å². The Hall–Kier alpha value is -2.49. The van der Waals surface area contributed by atoms with E-state index in [2.05, 4.69) is 9.97 Å². The summed E-state index contributed by atoms with van der Waals surface area (Å²) in [6, 6.07) is 12.1. The van der Waals surface area contributed by atoms with Crippen LogP contribution in [0.3, 0.4) is 0 Å². The zero-order valence-electron chi connectivity index (χ0n) is 10.4. The summed E-state index contributed by atoms with van der Waals surface area (Å²) in [5.41, 5.74) is 8.31. The topological polar surface area (TPSA) is 51.8 Å². The van der Waals surface area contributed by atoms with E-state index in [0.29, 0.717) is 11.6 Å². The molecule has 0 fully saturated rings.